The third kappa shape index (κ3) is 15.6. The smallest absolute Gasteiger partial charge is 0.416 e. The number of ether oxygens (including phenoxy) is 2. The van der Waals surface area contributed by atoms with Crippen LogP contribution in [0.5, 0.6) is 11.5 Å². The van der Waals surface area contributed by atoms with Crippen LogP contribution in [-0.2, 0) is 44.7 Å². The lowest BCUT2D eigenvalue weighted by Gasteiger charge is -2.16. The first-order valence-corrected chi connectivity index (χ1v) is 19.4. The second-order valence-corrected chi connectivity index (χ2v) is 14.6. The zero-order valence-corrected chi connectivity index (χ0v) is 35.6. The number of amides is 2. The number of benzene rings is 4. The molecule has 60 heavy (non-hydrogen) atoms. The van der Waals surface area contributed by atoms with Gasteiger partial charge in [-0.15, -0.1) is 0 Å². The lowest BCUT2D eigenvalue weighted by atomic mass is 10.1. The van der Waals surface area contributed by atoms with E-state index in [2.05, 4.69) is 53.1 Å². The van der Waals surface area contributed by atoms with Gasteiger partial charge in [0.1, 0.15) is 37.6 Å². The second-order valence-electron chi connectivity index (χ2n) is 12.9. The van der Waals surface area contributed by atoms with Crippen molar-refractivity contribution in [1.29, 1.82) is 0 Å². The lowest BCUT2D eigenvalue weighted by Crippen LogP contribution is -2.16. The van der Waals surface area contributed by atoms with E-state index >= 15 is 0 Å². The Morgan fingerprint density at radius 1 is 0.567 bits per heavy atom. The van der Waals surface area contributed by atoms with Crippen molar-refractivity contribution in [2.24, 2.45) is 0 Å². The largest absolute Gasteiger partial charge is 0.488 e. The van der Waals surface area contributed by atoms with Crippen LogP contribution in [0.4, 0.5) is 49.1 Å². The third-order valence-corrected chi connectivity index (χ3v) is 9.00. The summed E-state index contributed by atoms with van der Waals surface area (Å²) >= 11 is 6.57. The van der Waals surface area contributed by atoms with E-state index in [1.54, 1.807) is 52.0 Å². The van der Waals surface area contributed by atoms with E-state index in [1.165, 1.54) is 12.1 Å². The molecule has 12 nitrogen and oxygen atoms in total. The van der Waals surface area contributed by atoms with E-state index < -0.39 is 60.1 Å². The van der Waals surface area contributed by atoms with Gasteiger partial charge < -0.3 is 41.0 Å². The quantitative estimate of drug-likeness (QED) is 0.0468. The molecule has 0 saturated heterocycles. The average molecular weight is 979 g/mol. The second kappa shape index (κ2) is 21.7. The highest BCUT2D eigenvalue weighted by Gasteiger charge is 2.32. The van der Waals surface area contributed by atoms with Crippen molar-refractivity contribution in [3.05, 3.63) is 103 Å². The monoisotopic (exact) mass is 976 g/mol. The van der Waals surface area contributed by atoms with Crippen molar-refractivity contribution in [3.63, 3.8) is 0 Å². The molecule has 0 heterocycles. The van der Waals surface area contributed by atoms with Crippen LogP contribution in [0.25, 0.3) is 0 Å². The molecular weight excluding hydrogens is 938 g/mol. The predicted molar refractivity (Wildman–Crippen MR) is 219 cm³/mol. The van der Waals surface area contributed by atoms with Crippen LogP contribution in [0.2, 0.25) is 0 Å². The summed E-state index contributed by atoms with van der Waals surface area (Å²) < 4.78 is 91.3. The lowest BCUT2D eigenvalue weighted by molar-refractivity contribution is -0.141. The fraction of sp³-hybridized carbons (Fsp3) is 0.300. The molecule has 0 aliphatic rings. The van der Waals surface area contributed by atoms with Crippen LogP contribution >= 0.6 is 31.9 Å². The van der Waals surface area contributed by atoms with E-state index in [1.807, 2.05) is 0 Å². The number of carboxylic acid groups (broad SMARTS) is 2. The number of carbonyl (C=O) groups is 4. The number of nitrogens with one attached hydrogen (secondary N) is 4. The number of carbonyl (C=O) groups excluding carboxylic acids is 2. The van der Waals surface area contributed by atoms with Crippen LogP contribution in [0.3, 0.4) is 0 Å². The molecule has 0 saturated carbocycles. The molecule has 0 fully saturated rings. The van der Waals surface area contributed by atoms with Crippen LogP contribution in [0, 0.1) is 13.8 Å². The molecular formula is C40H40Br2F6N4O8. The predicted octanol–water partition coefficient (Wildman–Crippen LogP) is 10.4. The maximum Gasteiger partial charge on any atom is 0.416 e. The Morgan fingerprint density at radius 2 is 0.933 bits per heavy atom. The highest BCUT2D eigenvalue weighted by atomic mass is 79.9. The number of rotatable bonds is 16. The molecule has 0 spiro atoms. The molecule has 0 aliphatic heterocycles. The molecule has 0 unspecified atom stereocenters. The zero-order valence-electron chi connectivity index (χ0n) is 32.4. The third-order valence-electron chi connectivity index (χ3n) is 7.82. The summed E-state index contributed by atoms with van der Waals surface area (Å²) in [5.41, 5.74) is 1.86. The number of hydrogen-bond donors (Lipinski definition) is 6. The minimum absolute atomic E-state index is 0.0747. The molecule has 6 N–H and O–H groups in total. The Morgan fingerprint density at radius 3 is 1.28 bits per heavy atom. The number of anilines is 4. The van der Waals surface area contributed by atoms with E-state index in [4.69, 9.17) is 19.7 Å². The minimum Gasteiger partial charge on any atom is -0.488 e. The van der Waals surface area contributed by atoms with Gasteiger partial charge in [-0.1, -0.05) is 0 Å². The summed E-state index contributed by atoms with van der Waals surface area (Å²) in [6.45, 7) is 7.76. The fourth-order valence-electron chi connectivity index (χ4n) is 5.51. The number of carboxylic acids is 2. The van der Waals surface area contributed by atoms with E-state index in [0.717, 1.165) is 24.3 Å². The van der Waals surface area contributed by atoms with Gasteiger partial charge in [0.25, 0.3) is 0 Å². The Labute approximate surface area is 357 Å². The number of hydrogen-bond acceptors (Lipinski definition) is 8. The molecule has 4 aromatic carbocycles. The SMILES string of the molecule is CCNc1cc(COc2c(Br)cc(NC(=O)CC(=O)O)cc2Br)cc(C(F)(F)F)c1.CCNc1cc(COc2c(C)cc(NC(=O)CC(=O)O)cc2C)cc(C(F)(F)F)c1. The van der Waals surface area contributed by atoms with E-state index in [9.17, 15) is 45.5 Å². The first-order chi connectivity index (χ1) is 28.0. The van der Waals surface area contributed by atoms with Crippen molar-refractivity contribution in [1.82, 2.24) is 0 Å². The molecule has 0 bridgehead atoms. The van der Waals surface area contributed by atoms with Crippen molar-refractivity contribution in [2.45, 2.75) is 66.1 Å². The Kier molecular flexibility index (Phi) is 17.6. The molecule has 0 radical (unpaired) electrons. The van der Waals surface area contributed by atoms with Crippen LogP contribution in [-0.4, -0.2) is 47.1 Å². The molecule has 0 aromatic heterocycles. The van der Waals surface area contributed by atoms with Gasteiger partial charge >= 0.3 is 24.3 Å². The zero-order chi connectivity index (χ0) is 44.9. The van der Waals surface area contributed by atoms with Gasteiger partial charge in [-0.25, -0.2) is 0 Å². The summed E-state index contributed by atoms with van der Waals surface area (Å²) in [5.74, 6) is -3.06. The van der Waals surface area contributed by atoms with Crippen LogP contribution < -0.4 is 30.7 Å². The molecule has 324 valence electrons. The summed E-state index contributed by atoms with van der Waals surface area (Å²) in [6, 6.07) is 13.5. The van der Waals surface area contributed by atoms with Gasteiger partial charge in [-0.05, 0) is 142 Å². The molecule has 0 atom stereocenters. The first kappa shape index (κ1) is 48.9. The highest BCUT2D eigenvalue weighted by Crippen LogP contribution is 2.38. The number of halogens is 8. The summed E-state index contributed by atoms with van der Waals surface area (Å²) in [6.07, 6.45) is -10.3. The Balaban J connectivity index is 0.000000320. The molecule has 2 amide bonds. The highest BCUT2D eigenvalue weighted by molar-refractivity contribution is 9.11. The fourth-order valence-corrected chi connectivity index (χ4v) is 6.92. The van der Waals surface area contributed by atoms with Gasteiger partial charge in [0, 0.05) is 35.8 Å². The number of aliphatic carboxylic acids is 2. The summed E-state index contributed by atoms with van der Waals surface area (Å²) in [4.78, 5) is 44.4. The van der Waals surface area contributed by atoms with Crippen LogP contribution in [0.1, 0.15) is 60.1 Å². The Hall–Kier alpha value is -5.50. The number of aryl methyl sites for hydroxylation is 2. The van der Waals surface area contributed by atoms with Crippen molar-refractivity contribution in [2.75, 3.05) is 34.4 Å². The van der Waals surface area contributed by atoms with Gasteiger partial charge in [0.05, 0.1) is 20.1 Å². The van der Waals surface area contributed by atoms with Gasteiger partial charge in [-0.3, -0.25) is 19.2 Å². The van der Waals surface area contributed by atoms with E-state index in [0.29, 0.717) is 78.5 Å². The molecule has 4 rings (SSSR count). The molecule has 20 heteroatoms. The van der Waals surface area contributed by atoms with Crippen molar-refractivity contribution in [3.8, 4) is 11.5 Å². The standard InChI is InChI=1S/C21H23F3N2O4.C19H17Br2F3N2O4/c1-4-25-16-8-14(7-15(9-16)21(22,23)24)11-30-20-12(2)5-17(6-13(20)3)26-18(27)10-19(28)29;1-2-25-12-4-10(3-11(5-12)19(22,23)24)9-30-18-14(20)6-13(7-15(18)21)26-16(27)8-17(28)29/h5-9,25H,4,10-11H2,1-3H3,(H,26,27)(H,28,29);3-7,25H,2,8-9H2,1H3,(H,26,27)(H,28,29). The summed E-state index contributed by atoms with van der Waals surface area (Å²) in [7, 11) is 0. The van der Waals surface area contributed by atoms with Crippen molar-refractivity contribution >= 4 is 78.4 Å². The first-order valence-electron chi connectivity index (χ1n) is 17.8. The van der Waals surface area contributed by atoms with Crippen LogP contribution in [0.15, 0.2) is 69.6 Å². The van der Waals surface area contributed by atoms with Gasteiger partial charge in [-0.2, -0.15) is 26.3 Å². The summed E-state index contributed by atoms with van der Waals surface area (Å²) in [5, 5.41) is 28.0. The molecule has 0 aliphatic carbocycles. The topological polar surface area (TPSA) is 175 Å². The molecule has 4 aromatic rings. The van der Waals surface area contributed by atoms with Gasteiger partial charge in [0.15, 0.2) is 0 Å². The van der Waals surface area contributed by atoms with Gasteiger partial charge in [0.2, 0.25) is 11.8 Å². The van der Waals surface area contributed by atoms with Crippen molar-refractivity contribution < 1.29 is 65.2 Å². The average Bonchev–Trinajstić information content (AvgIpc) is 3.10. The maximum atomic E-state index is 13.2. The number of alkyl halides is 6. The Bertz CT molecular complexity index is 2000. The minimum atomic E-state index is -4.49. The van der Waals surface area contributed by atoms with E-state index in [-0.39, 0.29) is 13.2 Å². The maximum absolute atomic E-state index is 13.2. The normalized spacial score (nSPS) is 11.1.